The van der Waals surface area contributed by atoms with E-state index in [4.69, 9.17) is 11.6 Å². The predicted molar refractivity (Wildman–Crippen MR) is 92.8 cm³/mol. The van der Waals surface area contributed by atoms with Gasteiger partial charge in [-0.15, -0.1) is 0 Å². The molecule has 0 aliphatic heterocycles. The zero-order chi connectivity index (χ0) is 18.7. The van der Waals surface area contributed by atoms with Crippen molar-refractivity contribution in [3.8, 4) is 5.88 Å². The van der Waals surface area contributed by atoms with Crippen LogP contribution in [0.2, 0.25) is 5.02 Å². The first-order valence-electron chi connectivity index (χ1n) is 7.26. The smallest absolute Gasteiger partial charge is 0.221 e. The molecule has 10 heteroatoms. The van der Waals surface area contributed by atoms with Crippen molar-refractivity contribution in [2.45, 2.75) is 26.1 Å². The number of rotatable bonds is 6. The number of carbonyl (C=O) groups is 2. The third-order valence-corrected chi connectivity index (χ3v) is 4.42. The summed E-state index contributed by atoms with van der Waals surface area (Å²) in [6.07, 6.45) is 1.22. The topological polar surface area (TPSA) is 118 Å². The maximum Gasteiger partial charge on any atom is 0.221 e. The number of amides is 1. The number of aromatic nitrogens is 2. The first-order chi connectivity index (χ1) is 11.8. The van der Waals surface area contributed by atoms with E-state index in [9.17, 15) is 23.1 Å². The van der Waals surface area contributed by atoms with E-state index in [1.807, 2.05) is 0 Å². The van der Waals surface area contributed by atoms with Crippen LogP contribution in [0.15, 0.2) is 18.3 Å². The quantitative estimate of drug-likeness (QED) is 0.513. The van der Waals surface area contributed by atoms with Crippen molar-refractivity contribution < 1.29 is 23.1 Å². The van der Waals surface area contributed by atoms with Gasteiger partial charge < -0.3 is 10.4 Å². The minimum Gasteiger partial charge on any atom is -0.493 e. The highest BCUT2D eigenvalue weighted by Gasteiger charge is 2.23. The van der Waals surface area contributed by atoms with Gasteiger partial charge in [0.15, 0.2) is 0 Å². The Bertz CT molecular complexity index is 912. The molecule has 0 saturated heterocycles. The average Bonchev–Trinajstić information content (AvgIpc) is 2.90. The molecule has 0 atom stereocenters. The molecule has 8 nitrogen and oxygen atoms in total. The molecule has 0 aliphatic carbocycles. The Hall–Kier alpha value is -2.39. The van der Waals surface area contributed by atoms with Gasteiger partial charge in [0.25, 0.3) is 0 Å². The normalized spacial score (nSPS) is 10.9. The first-order valence-corrected chi connectivity index (χ1v) is 9.00. The lowest BCUT2D eigenvalue weighted by Crippen LogP contribution is -2.12. The van der Waals surface area contributed by atoms with Gasteiger partial charge in [0.05, 0.1) is 22.7 Å². The van der Waals surface area contributed by atoms with Crippen molar-refractivity contribution in [2.75, 3.05) is 5.32 Å². The number of thiol groups is 1. The highest BCUT2D eigenvalue weighted by molar-refractivity contribution is 7.71. The number of nitrogens with one attached hydrogen (secondary N) is 1. The lowest BCUT2D eigenvalue weighted by molar-refractivity contribution is -0.114. The van der Waals surface area contributed by atoms with E-state index in [0.717, 1.165) is 0 Å². The lowest BCUT2D eigenvalue weighted by atomic mass is 10.0. The standard InChI is InChI=1S/C15H16ClN3O5S/c1-3-19-15(22)11(6-17-19)14(21)10-5-4-9(7-25(23)24)13(12(10)16)18-8(2)20/h4-6,22,25H,3,7H2,1-2H3,(H,18,20). The number of nitrogens with zero attached hydrogens (tertiary/aromatic N) is 2. The molecule has 2 N–H and O–H groups in total. The van der Waals surface area contributed by atoms with Crippen LogP contribution in [0.3, 0.4) is 0 Å². The number of anilines is 1. The molecule has 2 aromatic rings. The molecule has 1 aromatic carbocycles. The SMILES string of the molecule is CCn1ncc(C(=O)c2ccc(C[SH](=O)=O)c(NC(C)=O)c2Cl)c1O. The minimum atomic E-state index is -2.75. The Balaban J connectivity index is 2.56. The van der Waals surface area contributed by atoms with Crippen molar-refractivity contribution in [2.24, 2.45) is 0 Å². The minimum absolute atomic E-state index is 0.0150. The third kappa shape index (κ3) is 3.99. The molecule has 1 heterocycles. The maximum atomic E-state index is 12.7. The van der Waals surface area contributed by atoms with Gasteiger partial charge in [0.1, 0.15) is 16.3 Å². The molecule has 0 fully saturated rings. The summed E-state index contributed by atoms with van der Waals surface area (Å²) in [4.78, 5) is 24.1. The molecule has 1 amide bonds. The van der Waals surface area contributed by atoms with E-state index in [1.54, 1.807) is 6.92 Å². The molecule has 0 saturated carbocycles. The second-order valence-electron chi connectivity index (χ2n) is 5.16. The molecule has 0 spiro atoms. The van der Waals surface area contributed by atoms with Crippen molar-refractivity contribution in [3.05, 3.63) is 40.0 Å². The number of carbonyl (C=O) groups excluding carboxylic acids is 2. The van der Waals surface area contributed by atoms with Gasteiger partial charge in [-0.25, -0.2) is 13.1 Å². The van der Waals surface area contributed by atoms with Gasteiger partial charge >= 0.3 is 0 Å². The van der Waals surface area contributed by atoms with Crippen LogP contribution in [0.4, 0.5) is 5.69 Å². The van der Waals surface area contributed by atoms with E-state index in [1.165, 1.54) is 29.9 Å². The zero-order valence-corrected chi connectivity index (χ0v) is 15.1. The summed E-state index contributed by atoms with van der Waals surface area (Å²) in [6, 6.07) is 2.75. The Morgan fingerprint density at radius 1 is 1.32 bits per heavy atom. The van der Waals surface area contributed by atoms with Gasteiger partial charge in [-0.3, -0.25) is 9.59 Å². The van der Waals surface area contributed by atoms with Crippen LogP contribution in [0.25, 0.3) is 0 Å². The van der Waals surface area contributed by atoms with Crippen molar-refractivity contribution in [1.82, 2.24) is 9.78 Å². The first kappa shape index (κ1) is 18.9. The fraction of sp³-hybridized carbons (Fsp3) is 0.267. The van der Waals surface area contributed by atoms with Crippen molar-refractivity contribution in [1.29, 1.82) is 0 Å². The molecule has 0 radical (unpaired) electrons. The van der Waals surface area contributed by atoms with Crippen LogP contribution in [0, 0.1) is 0 Å². The number of hydrogen-bond acceptors (Lipinski definition) is 6. The highest BCUT2D eigenvalue weighted by Crippen LogP contribution is 2.33. The Labute approximate surface area is 150 Å². The number of benzene rings is 1. The lowest BCUT2D eigenvalue weighted by Gasteiger charge is -2.13. The monoisotopic (exact) mass is 385 g/mol. The number of aromatic hydroxyl groups is 1. The fourth-order valence-electron chi connectivity index (χ4n) is 2.29. The van der Waals surface area contributed by atoms with Crippen LogP contribution in [0.1, 0.15) is 35.3 Å². The Morgan fingerprint density at radius 3 is 2.52 bits per heavy atom. The third-order valence-electron chi connectivity index (χ3n) is 3.43. The van der Waals surface area contributed by atoms with Crippen molar-refractivity contribution in [3.63, 3.8) is 0 Å². The van der Waals surface area contributed by atoms with E-state index in [0.29, 0.717) is 6.54 Å². The maximum absolute atomic E-state index is 12.7. The average molecular weight is 386 g/mol. The summed E-state index contributed by atoms with van der Waals surface area (Å²) in [5, 5.41) is 16.3. The second kappa shape index (κ2) is 7.66. The number of hydrogen-bond donors (Lipinski definition) is 3. The summed E-state index contributed by atoms with van der Waals surface area (Å²) in [5.74, 6) is -1.68. The largest absolute Gasteiger partial charge is 0.493 e. The van der Waals surface area contributed by atoms with Gasteiger partial charge in [-0.1, -0.05) is 17.7 Å². The summed E-state index contributed by atoms with van der Waals surface area (Å²) in [7, 11) is -2.75. The Morgan fingerprint density at radius 2 is 2.00 bits per heavy atom. The number of ketones is 1. The molecule has 2 rings (SSSR count). The number of halogens is 1. The summed E-state index contributed by atoms with van der Waals surface area (Å²) >= 11 is 6.24. The summed E-state index contributed by atoms with van der Waals surface area (Å²) in [5.41, 5.74) is 0.296. The van der Waals surface area contributed by atoms with E-state index >= 15 is 0 Å². The van der Waals surface area contributed by atoms with Crippen LogP contribution in [-0.2, 0) is 27.8 Å². The zero-order valence-electron chi connectivity index (χ0n) is 13.4. The molecule has 134 valence electrons. The summed E-state index contributed by atoms with van der Waals surface area (Å²) in [6.45, 7) is 3.37. The molecule has 1 aromatic heterocycles. The molecule has 25 heavy (non-hydrogen) atoms. The second-order valence-corrected chi connectivity index (χ2v) is 6.52. The van der Waals surface area contributed by atoms with Crippen molar-refractivity contribution >= 4 is 39.7 Å². The Kier molecular flexibility index (Phi) is 5.81. The van der Waals surface area contributed by atoms with Crippen LogP contribution < -0.4 is 5.32 Å². The molecule has 0 unspecified atom stereocenters. The van der Waals surface area contributed by atoms with E-state index in [-0.39, 0.29) is 39.0 Å². The molecular weight excluding hydrogens is 370 g/mol. The van der Waals surface area contributed by atoms with Gasteiger partial charge in [0.2, 0.25) is 17.6 Å². The van der Waals surface area contributed by atoms with Gasteiger partial charge in [-0.05, 0) is 18.6 Å². The van der Waals surface area contributed by atoms with Gasteiger partial charge in [0, 0.05) is 19.0 Å². The fourth-order valence-corrected chi connectivity index (χ4v) is 3.15. The van der Waals surface area contributed by atoms with Crippen LogP contribution in [0.5, 0.6) is 5.88 Å². The van der Waals surface area contributed by atoms with Crippen LogP contribution in [-0.4, -0.2) is 35.0 Å². The van der Waals surface area contributed by atoms with E-state index < -0.39 is 22.4 Å². The molecule has 0 bridgehead atoms. The highest BCUT2D eigenvalue weighted by atomic mass is 35.5. The summed E-state index contributed by atoms with van der Waals surface area (Å²) < 4.78 is 23.3. The van der Waals surface area contributed by atoms with Crippen LogP contribution >= 0.6 is 11.6 Å². The predicted octanol–water partition coefficient (Wildman–Crippen LogP) is 1.56. The van der Waals surface area contributed by atoms with Gasteiger partial charge in [-0.2, -0.15) is 5.10 Å². The number of aryl methyl sites for hydroxylation is 1. The molecule has 0 aliphatic rings. The molecular formula is C15H16ClN3O5S. The van der Waals surface area contributed by atoms with E-state index in [2.05, 4.69) is 10.4 Å².